The van der Waals surface area contributed by atoms with Crippen molar-refractivity contribution in [2.24, 2.45) is 0 Å². The molecule has 0 saturated carbocycles. The van der Waals surface area contributed by atoms with Crippen LogP contribution in [0.1, 0.15) is 1.43 Å². The Morgan fingerprint density at radius 1 is 0.800 bits per heavy atom. The lowest BCUT2D eigenvalue weighted by Gasteiger charge is -1.93. The molecule has 0 bridgehead atoms. The molecule has 0 aliphatic heterocycles. The van der Waals surface area contributed by atoms with Crippen molar-refractivity contribution in [3.63, 3.8) is 0 Å². The molecule has 1 rings (SSSR count). The molecule has 1 heterocycles. The molecule has 0 aliphatic rings. The smallest absolute Gasteiger partial charge is 1.00 e. The maximum absolute atomic E-state index is 5.14. The Morgan fingerprint density at radius 2 is 1.00 bits per heavy atom. The third kappa shape index (κ3) is 1.90. The van der Waals surface area contributed by atoms with Crippen LogP contribution in [0.15, 0.2) is 0 Å². The van der Waals surface area contributed by atoms with Gasteiger partial charge in [-0.3, -0.25) is 0 Å². The van der Waals surface area contributed by atoms with Crippen molar-refractivity contribution in [2.45, 2.75) is 0 Å². The average Bonchev–Trinajstić information content (AvgIpc) is 1.59. The summed E-state index contributed by atoms with van der Waals surface area (Å²) in [7, 11) is 0. The molecule has 0 aromatic carbocycles. The van der Waals surface area contributed by atoms with Crippen LogP contribution in [-0.4, -0.2) is 15.0 Å². The van der Waals surface area contributed by atoms with Gasteiger partial charge in [-0.25, -0.2) is 0 Å². The lowest BCUT2D eigenvalue weighted by Crippen LogP contribution is -3.00. The van der Waals surface area contributed by atoms with Crippen LogP contribution in [0.3, 0.4) is 0 Å². The Morgan fingerprint density at radius 3 is 1.20 bits per heavy atom. The van der Waals surface area contributed by atoms with Crippen molar-refractivity contribution in [3.05, 3.63) is 0 Å². The Balaban J connectivity index is 0. The van der Waals surface area contributed by atoms with Crippen LogP contribution in [0.4, 0.5) is 17.8 Å². The van der Waals surface area contributed by atoms with Gasteiger partial charge in [-0.1, -0.05) is 0 Å². The molecule has 1 aromatic heterocycles. The van der Waals surface area contributed by atoms with Gasteiger partial charge < -0.3 is 29.6 Å². The highest BCUT2D eigenvalue weighted by molar-refractivity contribution is 5.33. The van der Waals surface area contributed by atoms with Crippen LogP contribution in [0.2, 0.25) is 0 Å². The molecule has 0 atom stereocenters. The van der Waals surface area contributed by atoms with Gasteiger partial charge in [0.2, 0.25) is 17.8 Å². The third-order valence-corrected chi connectivity index (χ3v) is 0.687. The van der Waals surface area contributed by atoms with Gasteiger partial charge in [-0.2, -0.15) is 15.0 Å². The van der Waals surface area contributed by atoms with Gasteiger partial charge in [0.15, 0.2) is 0 Å². The molecule has 0 radical (unpaired) electrons. The van der Waals surface area contributed by atoms with Gasteiger partial charge in [0.25, 0.3) is 0 Å². The van der Waals surface area contributed by atoms with Crippen LogP contribution < -0.4 is 29.6 Å². The molecule has 1 aromatic rings. The van der Waals surface area contributed by atoms with Crippen molar-refractivity contribution in [1.82, 2.24) is 15.0 Å². The van der Waals surface area contributed by atoms with Crippen LogP contribution >= 0.6 is 0 Å². The van der Waals surface area contributed by atoms with Crippen LogP contribution in [0.5, 0.6) is 0 Å². The van der Waals surface area contributed by atoms with E-state index in [1.54, 1.807) is 0 Å². The molecule has 7 heteroatoms. The predicted molar refractivity (Wildman–Crippen MR) is 34.2 cm³/mol. The summed E-state index contributed by atoms with van der Waals surface area (Å²) in [5.41, 5.74) is 15.4. The van der Waals surface area contributed by atoms with Gasteiger partial charge in [0, 0.05) is 0 Å². The highest BCUT2D eigenvalue weighted by atomic mass is 35.5. The maximum atomic E-state index is 5.14. The van der Waals surface area contributed by atoms with E-state index in [0.717, 1.165) is 0 Å². The van der Waals surface area contributed by atoms with E-state index in [9.17, 15) is 0 Å². The molecule has 0 unspecified atom stereocenters. The zero-order valence-electron chi connectivity index (χ0n) is 5.95. The number of aromatic nitrogens is 3. The fourth-order valence-electron chi connectivity index (χ4n) is 0.427. The summed E-state index contributed by atoms with van der Waals surface area (Å²) in [6.07, 6.45) is 0. The van der Waals surface area contributed by atoms with E-state index >= 15 is 0 Å². The summed E-state index contributed by atoms with van der Waals surface area (Å²) in [4.78, 5) is 10.5. The second kappa shape index (κ2) is 3.02. The van der Waals surface area contributed by atoms with E-state index < -0.39 is 0 Å². The van der Waals surface area contributed by atoms with Gasteiger partial charge in [-0.05, 0) is 0 Å². The molecule has 0 spiro atoms. The molecule has 6 nitrogen and oxygen atoms in total. The van der Waals surface area contributed by atoms with E-state index in [-0.39, 0.29) is 31.7 Å². The van der Waals surface area contributed by atoms with E-state index in [4.69, 9.17) is 17.2 Å². The monoisotopic (exact) mass is 162 g/mol. The first-order valence-corrected chi connectivity index (χ1v) is 2.21. The quantitative estimate of drug-likeness (QED) is 0.356. The molecule has 0 fully saturated rings. The highest BCUT2D eigenvalue weighted by Crippen LogP contribution is 1.97. The molecule has 0 saturated heterocycles. The lowest BCUT2D eigenvalue weighted by molar-refractivity contribution is -0.00000243. The lowest BCUT2D eigenvalue weighted by atomic mass is 10.9. The van der Waals surface area contributed by atoms with Crippen molar-refractivity contribution in [2.75, 3.05) is 17.2 Å². The number of anilines is 3. The van der Waals surface area contributed by atoms with Crippen molar-refractivity contribution in [1.29, 1.82) is 0 Å². The Kier molecular flexibility index (Phi) is 2.63. The normalized spacial score (nSPS) is 8.40. The van der Waals surface area contributed by atoms with Crippen LogP contribution in [0, 0.1) is 0 Å². The van der Waals surface area contributed by atoms with Gasteiger partial charge >= 0.3 is 1.43 Å². The standard InChI is InChI=1S/C3H6N6.ClH/c4-1-7-2(5)9-3(6)8-1;/h(H6,4,5,6,7,8,9);1H. The number of rotatable bonds is 0. The topological polar surface area (TPSA) is 117 Å². The molecule has 6 N–H and O–H groups in total. The zero-order chi connectivity index (χ0) is 6.85. The summed E-state index contributed by atoms with van der Waals surface area (Å²) in [5, 5.41) is 0. The second-order valence-corrected chi connectivity index (χ2v) is 1.41. The van der Waals surface area contributed by atoms with E-state index in [1.807, 2.05) is 0 Å². The highest BCUT2D eigenvalue weighted by Gasteiger charge is 1.93. The number of hydrogen-bond acceptors (Lipinski definition) is 6. The van der Waals surface area contributed by atoms with Crippen molar-refractivity contribution < 1.29 is 13.8 Å². The molecule has 10 heavy (non-hydrogen) atoms. The number of nitrogens with two attached hydrogens (primary N) is 3. The van der Waals surface area contributed by atoms with E-state index in [2.05, 4.69) is 15.0 Å². The minimum Gasteiger partial charge on any atom is -1.00 e. The predicted octanol–water partition coefficient (Wildman–Crippen LogP) is -4.27. The van der Waals surface area contributed by atoms with Crippen LogP contribution in [-0.2, 0) is 0 Å². The summed E-state index contributed by atoms with van der Waals surface area (Å²) in [6, 6.07) is 0. The molecule has 0 aliphatic carbocycles. The first kappa shape index (κ1) is 8.70. The van der Waals surface area contributed by atoms with E-state index in [1.165, 1.54) is 0 Å². The summed E-state index contributed by atoms with van der Waals surface area (Å²) in [6.45, 7) is 0. The Bertz CT molecular complexity index is 179. The van der Waals surface area contributed by atoms with Gasteiger partial charge in [0.05, 0.1) is 0 Å². The molecule has 56 valence electrons. The molecular formula is C3H7ClN6. The fraction of sp³-hybridized carbons (Fsp3) is 0. The second-order valence-electron chi connectivity index (χ2n) is 1.41. The molecular weight excluding hydrogens is 156 g/mol. The van der Waals surface area contributed by atoms with Crippen molar-refractivity contribution >= 4 is 17.8 Å². The minimum absolute atomic E-state index is 0. The summed E-state index contributed by atoms with van der Waals surface area (Å²) in [5.74, 6) is 0.125. The van der Waals surface area contributed by atoms with Gasteiger partial charge in [-0.15, -0.1) is 0 Å². The third-order valence-electron chi connectivity index (χ3n) is 0.687. The average molecular weight is 163 g/mol. The van der Waals surface area contributed by atoms with Gasteiger partial charge in [0.1, 0.15) is 0 Å². The number of hydrogen-bond donors (Lipinski definition) is 3. The number of halogens is 1. The SMILES string of the molecule is Nc1nc(N)nc(N)n1.[Cl-].[H+]. The first-order chi connectivity index (χ1) is 4.18. The van der Waals surface area contributed by atoms with Crippen molar-refractivity contribution in [3.8, 4) is 0 Å². The zero-order valence-corrected chi connectivity index (χ0v) is 5.71. The van der Waals surface area contributed by atoms with E-state index in [0.29, 0.717) is 0 Å². The minimum atomic E-state index is 0. The number of nitrogen functional groups attached to an aromatic ring is 3. The Hall–Kier alpha value is -1.30. The summed E-state index contributed by atoms with van der Waals surface area (Å²) < 4.78 is 0. The maximum Gasteiger partial charge on any atom is 1.00 e. The number of nitrogens with zero attached hydrogens (tertiary/aromatic N) is 3. The Labute approximate surface area is 64.7 Å². The fourth-order valence-corrected chi connectivity index (χ4v) is 0.427. The molecule has 0 amide bonds. The summed E-state index contributed by atoms with van der Waals surface area (Å²) >= 11 is 0. The van der Waals surface area contributed by atoms with Crippen LogP contribution in [0.25, 0.3) is 0 Å². The first-order valence-electron chi connectivity index (χ1n) is 2.21. The largest absolute Gasteiger partial charge is 1.00 e.